The summed E-state index contributed by atoms with van der Waals surface area (Å²) in [5.74, 6) is -0.752. The van der Waals surface area contributed by atoms with Gasteiger partial charge in [-0.05, 0) is 45.1 Å². The van der Waals surface area contributed by atoms with Gasteiger partial charge in [-0.3, -0.25) is 9.59 Å². The zero-order valence-corrected chi connectivity index (χ0v) is 11.9. The van der Waals surface area contributed by atoms with Crippen molar-refractivity contribution in [3.8, 4) is 0 Å². The molecule has 1 N–H and O–H groups in total. The predicted molar refractivity (Wildman–Crippen MR) is 76.2 cm³/mol. The Hall–Kier alpha value is -1.95. The van der Waals surface area contributed by atoms with Gasteiger partial charge in [0, 0.05) is 19.3 Å². The van der Waals surface area contributed by atoms with Gasteiger partial charge in [-0.1, -0.05) is 6.07 Å². The van der Waals surface area contributed by atoms with Crippen molar-refractivity contribution in [3.05, 3.63) is 24.4 Å². The van der Waals surface area contributed by atoms with Gasteiger partial charge in [0.25, 0.3) is 0 Å². The van der Waals surface area contributed by atoms with Gasteiger partial charge in [-0.15, -0.1) is 0 Å². The normalized spacial score (nSPS) is 16.7. The van der Waals surface area contributed by atoms with E-state index >= 15 is 0 Å². The minimum absolute atomic E-state index is 0.133. The lowest BCUT2D eigenvalue weighted by atomic mass is 10.0. The number of likely N-dealkylation sites (N-methyl/N-ethyl adjacent to an activating group) is 1. The van der Waals surface area contributed by atoms with E-state index in [0.717, 1.165) is 25.9 Å². The highest BCUT2D eigenvalue weighted by Crippen LogP contribution is 2.14. The molecule has 2 amide bonds. The third-order valence-electron chi connectivity index (χ3n) is 3.66. The van der Waals surface area contributed by atoms with Crippen LogP contribution in [0.5, 0.6) is 0 Å². The molecule has 2 rings (SSSR count). The fourth-order valence-corrected chi connectivity index (χ4v) is 2.31. The minimum Gasteiger partial charge on any atom is -0.334 e. The molecular weight excluding hydrogens is 256 g/mol. The molecule has 0 bridgehead atoms. The lowest BCUT2D eigenvalue weighted by Crippen LogP contribution is -2.47. The molecule has 108 valence electrons. The van der Waals surface area contributed by atoms with Crippen LogP contribution in [-0.2, 0) is 9.59 Å². The number of aromatic nitrogens is 1. The van der Waals surface area contributed by atoms with Crippen molar-refractivity contribution in [3.63, 3.8) is 0 Å². The number of hydrogen-bond acceptors (Lipinski definition) is 4. The molecule has 1 aromatic rings. The second kappa shape index (κ2) is 6.47. The smallest absolute Gasteiger partial charge is 0.315 e. The van der Waals surface area contributed by atoms with Gasteiger partial charge in [0.2, 0.25) is 0 Å². The SMILES string of the molecule is CN1CCC(N(C)C(=O)C(=O)Nc2ccccn2)CC1. The van der Waals surface area contributed by atoms with Crippen LogP contribution in [-0.4, -0.2) is 59.8 Å². The molecule has 0 radical (unpaired) electrons. The highest BCUT2D eigenvalue weighted by Gasteiger charge is 2.27. The summed E-state index contributed by atoms with van der Waals surface area (Å²) < 4.78 is 0. The molecule has 6 nitrogen and oxygen atoms in total. The highest BCUT2D eigenvalue weighted by atomic mass is 16.2. The Morgan fingerprint density at radius 3 is 2.65 bits per heavy atom. The number of hydrogen-bond donors (Lipinski definition) is 1. The van der Waals surface area contributed by atoms with Crippen molar-refractivity contribution in [2.45, 2.75) is 18.9 Å². The summed E-state index contributed by atoms with van der Waals surface area (Å²) >= 11 is 0. The van der Waals surface area contributed by atoms with Crippen molar-refractivity contribution in [1.29, 1.82) is 0 Å². The molecule has 1 aliphatic rings. The maximum atomic E-state index is 12.1. The lowest BCUT2D eigenvalue weighted by molar-refractivity contribution is -0.144. The summed E-state index contributed by atoms with van der Waals surface area (Å²) in [4.78, 5) is 31.8. The standard InChI is InChI=1S/C14H20N4O2/c1-17-9-6-11(7-10-17)18(2)14(20)13(19)16-12-5-3-4-8-15-12/h3-5,8,11H,6-7,9-10H2,1-2H3,(H,15,16,19). The van der Waals surface area contributed by atoms with Crippen molar-refractivity contribution in [2.24, 2.45) is 0 Å². The van der Waals surface area contributed by atoms with E-state index < -0.39 is 11.8 Å². The first-order valence-corrected chi connectivity index (χ1v) is 6.75. The Balaban J connectivity index is 1.91. The first-order valence-electron chi connectivity index (χ1n) is 6.75. The van der Waals surface area contributed by atoms with Crippen LogP contribution in [0, 0.1) is 0 Å². The number of anilines is 1. The third-order valence-corrected chi connectivity index (χ3v) is 3.66. The molecule has 0 saturated carbocycles. The largest absolute Gasteiger partial charge is 0.334 e. The quantitative estimate of drug-likeness (QED) is 0.802. The van der Waals surface area contributed by atoms with E-state index in [2.05, 4.69) is 22.2 Å². The summed E-state index contributed by atoms with van der Waals surface area (Å²) in [5, 5.41) is 2.52. The number of pyridine rings is 1. The van der Waals surface area contributed by atoms with Crippen molar-refractivity contribution < 1.29 is 9.59 Å². The molecule has 1 aromatic heterocycles. The molecule has 0 aliphatic carbocycles. The molecule has 6 heteroatoms. The summed E-state index contributed by atoms with van der Waals surface area (Å²) in [5.41, 5.74) is 0. The number of rotatable bonds is 2. The van der Waals surface area contributed by atoms with Gasteiger partial charge >= 0.3 is 11.8 Å². The molecule has 0 spiro atoms. The molecule has 2 heterocycles. The molecule has 0 atom stereocenters. The van der Waals surface area contributed by atoms with E-state index in [1.54, 1.807) is 36.3 Å². The second-order valence-electron chi connectivity index (χ2n) is 5.12. The predicted octanol–water partition coefficient (Wildman–Crippen LogP) is 0.573. The van der Waals surface area contributed by atoms with Crippen molar-refractivity contribution in [2.75, 3.05) is 32.5 Å². The molecule has 1 aliphatic heterocycles. The summed E-state index contributed by atoms with van der Waals surface area (Å²) in [6, 6.07) is 5.30. The number of carbonyl (C=O) groups is 2. The first-order chi connectivity index (χ1) is 9.58. The van der Waals surface area contributed by atoms with Gasteiger partial charge in [0.05, 0.1) is 0 Å². The van der Waals surface area contributed by atoms with Gasteiger partial charge in [-0.2, -0.15) is 0 Å². The minimum atomic E-state index is -0.634. The van der Waals surface area contributed by atoms with Crippen LogP contribution in [0.2, 0.25) is 0 Å². The average molecular weight is 276 g/mol. The van der Waals surface area contributed by atoms with E-state index in [1.807, 2.05) is 0 Å². The maximum Gasteiger partial charge on any atom is 0.315 e. The van der Waals surface area contributed by atoms with Gasteiger partial charge < -0.3 is 15.1 Å². The summed E-state index contributed by atoms with van der Waals surface area (Å²) in [6.07, 6.45) is 3.37. The van der Waals surface area contributed by atoms with Crippen LogP contribution >= 0.6 is 0 Å². The number of piperidine rings is 1. The molecule has 0 unspecified atom stereocenters. The molecule has 1 fully saturated rings. The van der Waals surface area contributed by atoms with E-state index in [0.29, 0.717) is 5.82 Å². The Labute approximate surface area is 118 Å². The Morgan fingerprint density at radius 2 is 2.05 bits per heavy atom. The van der Waals surface area contributed by atoms with Crippen molar-refractivity contribution >= 4 is 17.6 Å². The van der Waals surface area contributed by atoms with Crippen LogP contribution in [0.1, 0.15) is 12.8 Å². The van der Waals surface area contributed by atoms with E-state index in [4.69, 9.17) is 0 Å². The average Bonchev–Trinajstić information content (AvgIpc) is 2.47. The van der Waals surface area contributed by atoms with Gasteiger partial charge in [-0.25, -0.2) is 4.98 Å². The van der Waals surface area contributed by atoms with E-state index in [-0.39, 0.29) is 6.04 Å². The molecule has 1 saturated heterocycles. The molecule has 0 aromatic carbocycles. The lowest BCUT2D eigenvalue weighted by Gasteiger charge is -2.34. The first kappa shape index (κ1) is 14.5. The Morgan fingerprint density at radius 1 is 1.35 bits per heavy atom. The monoisotopic (exact) mass is 276 g/mol. The topological polar surface area (TPSA) is 65.5 Å². The van der Waals surface area contributed by atoms with Crippen LogP contribution in [0.4, 0.5) is 5.82 Å². The molecular formula is C14H20N4O2. The Kier molecular flexibility index (Phi) is 4.68. The third kappa shape index (κ3) is 3.54. The number of amides is 2. The number of likely N-dealkylation sites (tertiary alicyclic amines) is 1. The van der Waals surface area contributed by atoms with Crippen LogP contribution < -0.4 is 5.32 Å². The number of nitrogens with one attached hydrogen (secondary N) is 1. The fraction of sp³-hybridized carbons (Fsp3) is 0.500. The van der Waals surface area contributed by atoms with Crippen LogP contribution in [0.15, 0.2) is 24.4 Å². The summed E-state index contributed by atoms with van der Waals surface area (Å²) in [6.45, 7) is 1.90. The zero-order chi connectivity index (χ0) is 14.5. The van der Waals surface area contributed by atoms with Crippen LogP contribution in [0.25, 0.3) is 0 Å². The number of carbonyl (C=O) groups excluding carboxylic acids is 2. The second-order valence-corrected chi connectivity index (χ2v) is 5.12. The summed E-state index contributed by atoms with van der Waals surface area (Å²) in [7, 11) is 3.75. The van der Waals surface area contributed by atoms with Gasteiger partial charge in [0.15, 0.2) is 0 Å². The fourth-order valence-electron chi connectivity index (χ4n) is 2.31. The maximum absolute atomic E-state index is 12.1. The van der Waals surface area contributed by atoms with E-state index in [1.165, 1.54) is 0 Å². The van der Waals surface area contributed by atoms with E-state index in [9.17, 15) is 9.59 Å². The van der Waals surface area contributed by atoms with Gasteiger partial charge in [0.1, 0.15) is 5.82 Å². The molecule has 20 heavy (non-hydrogen) atoms. The zero-order valence-electron chi connectivity index (χ0n) is 11.9. The number of nitrogens with zero attached hydrogens (tertiary/aromatic N) is 3. The van der Waals surface area contributed by atoms with Crippen molar-refractivity contribution in [1.82, 2.24) is 14.8 Å². The Bertz CT molecular complexity index is 469. The van der Waals surface area contributed by atoms with Crippen LogP contribution in [0.3, 0.4) is 0 Å². The highest BCUT2D eigenvalue weighted by molar-refractivity contribution is 6.39.